The monoisotopic (exact) mass is 681 g/mol. The summed E-state index contributed by atoms with van der Waals surface area (Å²) in [5, 5.41) is 11.1. The van der Waals surface area contributed by atoms with Gasteiger partial charge < -0.3 is 19.8 Å². The van der Waals surface area contributed by atoms with Gasteiger partial charge in [0.1, 0.15) is 17.5 Å². The quantitative estimate of drug-likeness (QED) is 0.250. The van der Waals surface area contributed by atoms with Crippen molar-refractivity contribution in [2.45, 2.75) is 62.2 Å². The Morgan fingerprint density at radius 3 is 2.37 bits per heavy atom. The van der Waals surface area contributed by atoms with Crippen LogP contribution in [0.5, 0.6) is 0 Å². The van der Waals surface area contributed by atoms with Crippen molar-refractivity contribution in [2.24, 2.45) is 10.4 Å². The predicted octanol–water partition coefficient (Wildman–Crippen LogP) is 5.82. The number of carbonyl (C=O) groups excluding carboxylic acids is 1. The van der Waals surface area contributed by atoms with Crippen LogP contribution in [0, 0.1) is 17.0 Å². The van der Waals surface area contributed by atoms with Gasteiger partial charge in [-0.25, -0.2) is 13.8 Å². The molecule has 7 rings (SSSR count). The fraction of sp³-hybridized carbons (Fsp3) is 0.500. The maximum absolute atomic E-state index is 15.5. The summed E-state index contributed by atoms with van der Waals surface area (Å²) in [6, 6.07) is 2.21. The summed E-state index contributed by atoms with van der Waals surface area (Å²) >= 11 is 7.22. The van der Waals surface area contributed by atoms with Gasteiger partial charge in [-0.2, -0.15) is 13.2 Å². The van der Waals surface area contributed by atoms with Crippen molar-refractivity contribution in [3.05, 3.63) is 58.6 Å². The van der Waals surface area contributed by atoms with Crippen LogP contribution < -0.4 is 4.90 Å². The van der Waals surface area contributed by atoms with Gasteiger partial charge in [-0.1, -0.05) is 18.2 Å². The maximum atomic E-state index is 15.5. The fourth-order valence-corrected chi connectivity index (χ4v) is 9.21. The topological polar surface area (TPSA) is 62.6 Å². The number of halogens is 6. The molecule has 1 amide bonds. The molecule has 7 nitrogen and oxygen atoms in total. The lowest BCUT2D eigenvalue weighted by Gasteiger charge is -2.52. The number of aliphatic imine (C=N–C) groups is 1. The third-order valence-corrected chi connectivity index (χ3v) is 11.4. The number of hydrogen-bond acceptors (Lipinski definition) is 7. The highest BCUT2D eigenvalue weighted by Gasteiger charge is 2.53. The Morgan fingerprint density at radius 1 is 1.09 bits per heavy atom. The predicted molar refractivity (Wildman–Crippen MR) is 167 cm³/mol. The van der Waals surface area contributed by atoms with E-state index in [4.69, 9.17) is 11.6 Å². The van der Waals surface area contributed by atoms with Crippen LogP contribution in [0.4, 0.5) is 27.6 Å². The van der Waals surface area contributed by atoms with Crippen molar-refractivity contribution in [1.82, 2.24) is 14.7 Å². The lowest BCUT2D eigenvalue weighted by atomic mass is 9.80. The van der Waals surface area contributed by atoms with Gasteiger partial charge in [0.05, 0.1) is 16.3 Å². The van der Waals surface area contributed by atoms with Gasteiger partial charge in [0.25, 0.3) is 0 Å². The second-order valence-corrected chi connectivity index (χ2v) is 14.6. The average molecular weight is 682 g/mol. The van der Waals surface area contributed by atoms with Gasteiger partial charge in [0.15, 0.2) is 0 Å². The smallest absolute Gasteiger partial charge is 0.355 e. The number of amidine groups is 1. The molecule has 1 aliphatic carbocycles. The first-order valence-corrected chi connectivity index (χ1v) is 16.6. The maximum Gasteiger partial charge on any atom is 0.417 e. The molecule has 46 heavy (non-hydrogen) atoms. The largest absolute Gasteiger partial charge is 0.417 e. The first kappa shape index (κ1) is 31.7. The van der Waals surface area contributed by atoms with E-state index in [0.717, 1.165) is 38.1 Å². The first-order chi connectivity index (χ1) is 21.7. The van der Waals surface area contributed by atoms with E-state index in [1.165, 1.54) is 17.8 Å². The number of aliphatic hydroxyl groups is 1. The number of anilines is 1. The van der Waals surface area contributed by atoms with E-state index in [0.29, 0.717) is 30.1 Å². The highest BCUT2D eigenvalue weighted by Crippen LogP contribution is 2.55. The Kier molecular flexibility index (Phi) is 7.65. The normalized spacial score (nSPS) is 26.0. The van der Waals surface area contributed by atoms with Gasteiger partial charge in [-0.3, -0.25) is 9.69 Å². The first-order valence-electron chi connectivity index (χ1n) is 15.2. The van der Waals surface area contributed by atoms with Gasteiger partial charge in [-0.05, 0) is 44.9 Å². The van der Waals surface area contributed by atoms with E-state index >= 15 is 17.6 Å². The van der Waals surface area contributed by atoms with Crippen molar-refractivity contribution in [2.75, 3.05) is 43.4 Å². The molecule has 1 unspecified atom stereocenters. The minimum atomic E-state index is -4.93. The molecule has 1 spiro atoms. The molecular formula is C32H33ClF5N5O2S. The minimum absolute atomic E-state index is 0.140. The van der Waals surface area contributed by atoms with E-state index in [2.05, 4.69) is 16.5 Å². The Morgan fingerprint density at radius 2 is 1.76 bits per heavy atom. The zero-order chi connectivity index (χ0) is 32.9. The Bertz CT molecular complexity index is 1650. The molecule has 2 aromatic carbocycles. The molecule has 2 aromatic rings. The zero-order valence-electron chi connectivity index (χ0n) is 25.3. The number of rotatable bonds is 3. The van der Waals surface area contributed by atoms with E-state index in [9.17, 15) is 14.3 Å². The average Bonchev–Trinajstić information content (AvgIpc) is 3.81. The number of thioether (sulfide) groups is 1. The molecule has 3 atom stereocenters. The highest BCUT2D eigenvalue weighted by atomic mass is 35.5. The second-order valence-electron chi connectivity index (χ2n) is 13.2. The van der Waals surface area contributed by atoms with Crippen LogP contribution in [-0.4, -0.2) is 94.5 Å². The Balaban J connectivity index is 1.41. The van der Waals surface area contributed by atoms with Crippen LogP contribution in [0.2, 0.25) is 5.02 Å². The number of carbonyl (C=O) groups is 1. The van der Waals surface area contributed by atoms with E-state index in [1.807, 2.05) is 13.8 Å². The van der Waals surface area contributed by atoms with Crippen molar-refractivity contribution in [3.8, 4) is 11.1 Å². The summed E-state index contributed by atoms with van der Waals surface area (Å²) in [6.45, 7) is 9.55. The molecule has 0 aromatic heterocycles. The van der Waals surface area contributed by atoms with Gasteiger partial charge in [0, 0.05) is 89.7 Å². The molecule has 4 aliphatic heterocycles. The molecule has 3 fully saturated rings. The summed E-state index contributed by atoms with van der Waals surface area (Å²) in [5.74, 6) is -1.90. The number of likely N-dealkylation sites (tertiary alicyclic amines) is 1. The highest BCUT2D eigenvalue weighted by molar-refractivity contribution is 7.99. The molecule has 2 saturated heterocycles. The minimum Gasteiger partial charge on any atom is -0.355 e. The number of alkyl halides is 3. The molecule has 0 bridgehead atoms. The lowest BCUT2D eigenvalue weighted by Crippen LogP contribution is -2.64. The van der Waals surface area contributed by atoms with Crippen LogP contribution in [0.25, 0.3) is 11.1 Å². The SMILES string of the molecule is C=CC(=O)N1[C@H](C)CN(C2=NC(O)N3CC4(CSc5c(-c6cc(Cl)c(F)cc6F)c(C(F)(F)F)cc2c53)CN(C2CC2)C4)C[C@@H]1C. The Labute approximate surface area is 272 Å². The summed E-state index contributed by atoms with van der Waals surface area (Å²) in [6.07, 6.45) is -2.90. The van der Waals surface area contributed by atoms with E-state index in [1.54, 1.807) is 14.7 Å². The van der Waals surface area contributed by atoms with Gasteiger partial charge >= 0.3 is 6.18 Å². The molecular weight excluding hydrogens is 649 g/mol. The van der Waals surface area contributed by atoms with Crippen LogP contribution in [-0.2, 0) is 11.0 Å². The van der Waals surface area contributed by atoms with E-state index < -0.39 is 45.9 Å². The number of benzene rings is 2. The van der Waals surface area contributed by atoms with Gasteiger partial charge in [-0.15, -0.1) is 11.8 Å². The molecule has 246 valence electrons. The number of piperazine rings is 1. The molecule has 4 heterocycles. The third kappa shape index (κ3) is 5.18. The molecule has 14 heteroatoms. The summed E-state index contributed by atoms with van der Waals surface area (Å²) < 4.78 is 74.9. The summed E-state index contributed by atoms with van der Waals surface area (Å²) in [7, 11) is 0. The second kappa shape index (κ2) is 11.1. The Hall–Kier alpha value is -2.87. The van der Waals surface area contributed by atoms with Crippen molar-refractivity contribution in [3.63, 3.8) is 0 Å². The third-order valence-electron chi connectivity index (χ3n) is 9.70. The van der Waals surface area contributed by atoms with E-state index in [-0.39, 0.29) is 52.8 Å². The van der Waals surface area contributed by atoms with Crippen LogP contribution in [0.15, 0.2) is 40.7 Å². The van der Waals surface area contributed by atoms with Crippen molar-refractivity contribution in [1.29, 1.82) is 0 Å². The van der Waals surface area contributed by atoms with Gasteiger partial charge in [0.2, 0.25) is 12.3 Å². The number of amides is 1. The molecule has 1 saturated carbocycles. The van der Waals surface area contributed by atoms with Crippen LogP contribution in [0.1, 0.15) is 37.8 Å². The molecule has 0 radical (unpaired) electrons. The van der Waals surface area contributed by atoms with Crippen LogP contribution in [0.3, 0.4) is 0 Å². The molecule has 5 aliphatic rings. The fourth-order valence-electron chi connectivity index (χ4n) is 7.60. The van der Waals surface area contributed by atoms with Crippen LogP contribution >= 0.6 is 23.4 Å². The number of nitrogens with zero attached hydrogens (tertiary/aromatic N) is 5. The summed E-state index contributed by atoms with van der Waals surface area (Å²) in [5.41, 5.74) is -1.86. The lowest BCUT2D eigenvalue weighted by molar-refractivity contribution is -0.137. The van der Waals surface area contributed by atoms with Crippen molar-refractivity contribution < 1.29 is 31.9 Å². The van der Waals surface area contributed by atoms with Crippen molar-refractivity contribution >= 4 is 40.8 Å². The number of aliphatic hydroxyl groups excluding tert-OH is 1. The number of hydrogen-bond donors (Lipinski definition) is 1. The zero-order valence-corrected chi connectivity index (χ0v) is 26.8. The standard InChI is InChI=1S/C32H33ClF5N5O2S/c1-4-25(44)43-16(2)10-40(11-17(43)3)29-20-7-21(32(36,37)38)26(19-8-22(33)24(35)9-23(19)34)28-27(20)42(30(45)39-29)14-31(15-46-28)12-41(13-31)18-5-6-18/h4,7-9,16-18,30,45H,1,5-6,10-15H2,2-3H3/t16-,17+,30?. The molecule has 1 N–H and O–H groups in total. The summed E-state index contributed by atoms with van der Waals surface area (Å²) in [4.78, 5) is 24.8.